The van der Waals surface area contributed by atoms with Gasteiger partial charge in [-0.2, -0.15) is 4.37 Å². The fraction of sp³-hybridized carbons (Fsp3) is 0.429. The summed E-state index contributed by atoms with van der Waals surface area (Å²) in [4.78, 5) is 4.44. The maximum absolute atomic E-state index is 12.8. The van der Waals surface area contributed by atoms with Gasteiger partial charge >= 0.3 is 0 Å². The monoisotopic (exact) mass is 279 g/mol. The summed E-state index contributed by atoms with van der Waals surface area (Å²) in [6, 6.07) is 6.84. The quantitative estimate of drug-likeness (QED) is 0.903. The molecule has 0 saturated carbocycles. The summed E-state index contributed by atoms with van der Waals surface area (Å²) in [5, 5.41) is 4.18. The van der Waals surface area contributed by atoms with Crippen LogP contribution in [0.1, 0.15) is 38.1 Å². The van der Waals surface area contributed by atoms with E-state index in [0.717, 1.165) is 22.9 Å². The van der Waals surface area contributed by atoms with Crippen molar-refractivity contribution in [1.82, 2.24) is 9.36 Å². The standard InChI is InChI=1S/C14H18FN3S/c1-9(2)13-17-14(19-18-13)16-10(3)8-11-4-6-12(15)7-5-11/h4-7,9-10H,8H2,1-3H3,(H,16,17,18). The predicted octanol–water partition coefficient (Wildman–Crippen LogP) is 3.84. The number of halogens is 1. The zero-order chi connectivity index (χ0) is 13.8. The molecule has 0 aliphatic carbocycles. The molecule has 19 heavy (non-hydrogen) atoms. The van der Waals surface area contributed by atoms with Gasteiger partial charge in [0.1, 0.15) is 11.6 Å². The van der Waals surface area contributed by atoms with Crippen molar-refractivity contribution in [3.63, 3.8) is 0 Å². The van der Waals surface area contributed by atoms with E-state index in [9.17, 15) is 4.39 Å². The van der Waals surface area contributed by atoms with Crippen LogP contribution in [0.4, 0.5) is 9.52 Å². The smallest absolute Gasteiger partial charge is 0.202 e. The molecule has 0 amide bonds. The molecular formula is C14H18FN3S. The molecule has 2 rings (SSSR count). The molecule has 5 heteroatoms. The van der Waals surface area contributed by atoms with Crippen molar-refractivity contribution < 1.29 is 4.39 Å². The van der Waals surface area contributed by atoms with Crippen LogP contribution in [0.25, 0.3) is 0 Å². The van der Waals surface area contributed by atoms with E-state index in [4.69, 9.17) is 0 Å². The number of aromatic nitrogens is 2. The van der Waals surface area contributed by atoms with Crippen molar-refractivity contribution in [3.8, 4) is 0 Å². The number of nitrogens with one attached hydrogen (secondary N) is 1. The van der Waals surface area contributed by atoms with Crippen LogP contribution < -0.4 is 5.32 Å². The van der Waals surface area contributed by atoms with E-state index in [2.05, 4.69) is 35.4 Å². The van der Waals surface area contributed by atoms with Crippen molar-refractivity contribution in [2.45, 2.75) is 39.2 Å². The Morgan fingerprint density at radius 1 is 1.21 bits per heavy atom. The molecular weight excluding hydrogens is 261 g/mol. The first kappa shape index (κ1) is 13.9. The van der Waals surface area contributed by atoms with E-state index in [1.165, 1.54) is 23.7 Å². The Hall–Kier alpha value is -1.49. The largest absolute Gasteiger partial charge is 0.357 e. The summed E-state index contributed by atoms with van der Waals surface area (Å²) < 4.78 is 17.1. The zero-order valence-corrected chi connectivity index (χ0v) is 12.2. The van der Waals surface area contributed by atoms with E-state index in [1.807, 2.05) is 12.1 Å². The van der Waals surface area contributed by atoms with Gasteiger partial charge in [0.05, 0.1) is 0 Å². The third-order valence-electron chi connectivity index (χ3n) is 2.78. The Morgan fingerprint density at radius 3 is 2.47 bits per heavy atom. The van der Waals surface area contributed by atoms with Crippen LogP contribution in [0.3, 0.4) is 0 Å². The Balaban J connectivity index is 1.93. The number of anilines is 1. The molecule has 1 heterocycles. The SMILES string of the molecule is CC(Cc1ccc(F)cc1)Nc1nc(C(C)C)ns1. The first-order valence-electron chi connectivity index (χ1n) is 6.39. The topological polar surface area (TPSA) is 37.8 Å². The Labute approximate surface area is 117 Å². The molecule has 2 aromatic rings. The summed E-state index contributed by atoms with van der Waals surface area (Å²) >= 11 is 1.39. The van der Waals surface area contributed by atoms with Crippen LogP contribution in [-0.2, 0) is 6.42 Å². The van der Waals surface area contributed by atoms with Crippen molar-refractivity contribution >= 4 is 16.7 Å². The molecule has 0 spiro atoms. The highest BCUT2D eigenvalue weighted by atomic mass is 32.1. The summed E-state index contributed by atoms with van der Waals surface area (Å²) in [5.74, 6) is 1.02. The lowest BCUT2D eigenvalue weighted by atomic mass is 10.1. The predicted molar refractivity (Wildman–Crippen MR) is 77.2 cm³/mol. The van der Waals surface area contributed by atoms with Crippen LogP contribution in [0.5, 0.6) is 0 Å². The highest BCUT2D eigenvalue weighted by Gasteiger charge is 2.10. The maximum Gasteiger partial charge on any atom is 0.202 e. The second kappa shape index (κ2) is 6.10. The van der Waals surface area contributed by atoms with Gasteiger partial charge in [-0.1, -0.05) is 26.0 Å². The Kier molecular flexibility index (Phi) is 4.47. The summed E-state index contributed by atoms with van der Waals surface area (Å²) in [7, 11) is 0. The summed E-state index contributed by atoms with van der Waals surface area (Å²) in [6.45, 7) is 6.24. The molecule has 1 aromatic heterocycles. The number of benzene rings is 1. The minimum Gasteiger partial charge on any atom is -0.357 e. The second-order valence-corrected chi connectivity index (χ2v) is 5.74. The molecule has 0 bridgehead atoms. The van der Waals surface area contributed by atoms with Crippen molar-refractivity contribution in [2.75, 3.05) is 5.32 Å². The third kappa shape index (κ3) is 3.99. The van der Waals surface area contributed by atoms with Crippen LogP contribution >= 0.6 is 11.5 Å². The first-order chi connectivity index (χ1) is 9.04. The minimum atomic E-state index is -0.199. The molecule has 102 valence electrons. The summed E-state index contributed by atoms with van der Waals surface area (Å²) in [5.41, 5.74) is 1.11. The average Bonchev–Trinajstić information content (AvgIpc) is 2.80. The van der Waals surface area contributed by atoms with Gasteiger partial charge in [-0.25, -0.2) is 9.37 Å². The molecule has 1 N–H and O–H groups in total. The van der Waals surface area contributed by atoms with Gasteiger partial charge in [-0.05, 0) is 31.0 Å². The highest BCUT2D eigenvalue weighted by molar-refractivity contribution is 7.09. The fourth-order valence-corrected chi connectivity index (χ4v) is 2.58. The van der Waals surface area contributed by atoms with Crippen LogP contribution in [0, 0.1) is 5.82 Å². The fourth-order valence-electron chi connectivity index (χ4n) is 1.76. The minimum absolute atomic E-state index is 0.199. The summed E-state index contributed by atoms with van der Waals surface area (Å²) in [6.07, 6.45) is 0.830. The number of hydrogen-bond acceptors (Lipinski definition) is 4. The van der Waals surface area contributed by atoms with Gasteiger partial charge in [0.2, 0.25) is 5.13 Å². The van der Waals surface area contributed by atoms with E-state index in [1.54, 1.807) is 0 Å². The number of nitrogens with zero attached hydrogens (tertiary/aromatic N) is 2. The lowest BCUT2D eigenvalue weighted by molar-refractivity contribution is 0.626. The molecule has 3 nitrogen and oxygen atoms in total. The van der Waals surface area contributed by atoms with E-state index in [-0.39, 0.29) is 11.9 Å². The number of rotatable bonds is 5. The van der Waals surface area contributed by atoms with Gasteiger partial charge < -0.3 is 5.32 Å². The molecule has 0 saturated heterocycles. The molecule has 1 unspecified atom stereocenters. The van der Waals surface area contributed by atoms with Gasteiger partial charge in [0, 0.05) is 23.5 Å². The van der Waals surface area contributed by atoms with Crippen LogP contribution in [0.15, 0.2) is 24.3 Å². The second-order valence-electron chi connectivity index (χ2n) is 4.99. The molecule has 0 fully saturated rings. The third-order valence-corrected chi connectivity index (χ3v) is 3.44. The lowest BCUT2D eigenvalue weighted by Crippen LogP contribution is -2.18. The Morgan fingerprint density at radius 2 is 1.89 bits per heavy atom. The van der Waals surface area contributed by atoms with Gasteiger partial charge in [-0.3, -0.25) is 0 Å². The van der Waals surface area contributed by atoms with E-state index in [0.29, 0.717) is 5.92 Å². The highest BCUT2D eigenvalue weighted by Crippen LogP contribution is 2.18. The van der Waals surface area contributed by atoms with E-state index < -0.39 is 0 Å². The van der Waals surface area contributed by atoms with Crippen molar-refractivity contribution in [1.29, 1.82) is 0 Å². The van der Waals surface area contributed by atoms with Gasteiger partial charge in [-0.15, -0.1) is 0 Å². The van der Waals surface area contributed by atoms with Crippen LogP contribution in [0.2, 0.25) is 0 Å². The normalized spacial score (nSPS) is 12.7. The Bertz CT molecular complexity index is 522. The first-order valence-corrected chi connectivity index (χ1v) is 7.16. The number of hydrogen-bond donors (Lipinski definition) is 1. The maximum atomic E-state index is 12.8. The van der Waals surface area contributed by atoms with Crippen LogP contribution in [-0.4, -0.2) is 15.4 Å². The molecule has 1 aromatic carbocycles. The molecule has 0 aliphatic rings. The molecule has 1 atom stereocenters. The lowest BCUT2D eigenvalue weighted by Gasteiger charge is -2.12. The van der Waals surface area contributed by atoms with Gasteiger partial charge in [0.15, 0.2) is 0 Å². The zero-order valence-electron chi connectivity index (χ0n) is 11.4. The van der Waals surface area contributed by atoms with Crippen molar-refractivity contribution in [3.05, 3.63) is 41.5 Å². The van der Waals surface area contributed by atoms with Crippen molar-refractivity contribution in [2.24, 2.45) is 0 Å². The van der Waals surface area contributed by atoms with Gasteiger partial charge in [0.25, 0.3) is 0 Å². The van der Waals surface area contributed by atoms with E-state index >= 15 is 0 Å². The average molecular weight is 279 g/mol. The molecule has 0 radical (unpaired) electrons. The molecule has 0 aliphatic heterocycles.